The Morgan fingerprint density at radius 2 is 1.83 bits per heavy atom. The SMILES string of the molecule is Cc1ccc([S+]([O-])c2nc(-c3ccc4c(c3)CCC4)ns2)cc1. The molecule has 0 amide bonds. The fraction of sp³-hybridized carbons (Fsp3) is 0.222. The van der Waals surface area contributed by atoms with Crippen molar-refractivity contribution in [3.8, 4) is 11.4 Å². The Kier molecular flexibility index (Phi) is 3.93. The van der Waals surface area contributed by atoms with Crippen LogP contribution in [0.5, 0.6) is 0 Å². The molecule has 1 unspecified atom stereocenters. The summed E-state index contributed by atoms with van der Waals surface area (Å²) in [5, 5.41) is 0. The van der Waals surface area contributed by atoms with Gasteiger partial charge in [0.1, 0.15) is 0 Å². The van der Waals surface area contributed by atoms with E-state index in [1.54, 1.807) is 0 Å². The average Bonchev–Trinajstić information content (AvgIpc) is 3.23. The van der Waals surface area contributed by atoms with Crippen LogP contribution >= 0.6 is 11.5 Å². The highest BCUT2D eigenvalue weighted by Gasteiger charge is 2.21. The molecule has 0 spiro atoms. The molecule has 5 heteroatoms. The van der Waals surface area contributed by atoms with Crippen LogP contribution in [0.25, 0.3) is 11.4 Å². The number of hydrogen-bond acceptors (Lipinski definition) is 4. The van der Waals surface area contributed by atoms with Gasteiger partial charge in [0.2, 0.25) is 0 Å². The zero-order valence-corrected chi connectivity index (χ0v) is 14.4. The molecule has 0 N–H and O–H groups in total. The first-order valence-corrected chi connectivity index (χ1v) is 9.57. The van der Waals surface area contributed by atoms with Crippen molar-refractivity contribution >= 4 is 22.7 Å². The van der Waals surface area contributed by atoms with E-state index in [0.717, 1.165) is 22.4 Å². The van der Waals surface area contributed by atoms with E-state index in [0.29, 0.717) is 10.2 Å². The predicted octanol–water partition coefficient (Wildman–Crippen LogP) is 4.17. The Morgan fingerprint density at radius 1 is 1.04 bits per heavy atom. The first-order chi connectivity index (χ1) is 11.2. The largest absolute Gasteiger partial charge is 0.605 e. The van der Waals surface area contributed by atoms with E-state index in [-0.39, 0.29) is 0 Å². The Bertz CT molecular complexity index is 842. The number of fused-ring (bicyclic) bond motifs is 1. The molecule has 0 radical (unpaired) electrons. The highest BCUT2D eigenvalue weighted by Crippen LogP contribution is 2.29. The topological polar surface area (TPSA) is 48.8 Å². The van der Waals surface area contributed by atoms with Gasteiger partial charge >= 0.3 is 4.34 Å². The smallest absolute Gasteiger partial charge is 0.327 e. The molecule has 23 heavy (non-hydrogen) atoms. The normalized spacial score (nSPS) is 14.7. The van der Waals surface area contributed by atoms with E-state index < -0.39 is 11.2 Å². The van der Waals surface area contributed by atoms with Gasteiger partial charge in [-0.2, -0.15) is 9.36 Å². The predicted molar refractivity (Wildman–Crippen MR) is 93.2 cm³/mol. The van der Waals surface area contributed by atoms with Crippen molar-refractivity contribution in [3.05, 3.63) is 59.2 Å². The minimum Gasteiger partial charge on any atom is -0.605 e. The minimum atomic E-state index is -1.26. The summed E-state index contributed by atoms with van der Waals surface area (Å²) in [5.41, 5.74) is 5.02. The highest BCUT2D eigenvalue weighted by atomic mass is 32.2. The molecular formula is C18H16N2OS2. The number of benzene rings is 2. The zero-order valence-electron chi connectivity index (χ0n) is 12.8. The maximum atomic E-state index is 12.6. The molecule has 1 atom stereocenters. The minimum absolute atomic E-state index is 0.560. The molecule has 3 aromatic rings. The van der Waals surface area contributed by atoms with Gasteiger partial charge in [0, 0.05) is 17.1 Å². The van der Waals surface area contributed by atoms with E-state index in [1.165, 1.54) is 35.5 Å². The molecule has 0 saturated carbocycles. The summed E-state index contributed by atoms with van der Waals surface area (Å²) < 4.78 is 17.6. The quantitative estimate of drug-likeness (QED) is 0.672. The van der Waals surface area contributed by atoms with Crippen molar-refractivity contribution in [2.24, 2.45) is 0 Å². The molecule has 2 aromatic carbocycles. The lowest BCUT2D eigenvalue weighted by Crippen LogP contribution is -2.01. The van der Waals surface area contributed by atoms with Crippen molar-refractivity contribution in [2.45, 2.75) is 35.4 Å². The molecule has 1 aromatic heterocycles. The lowest BCUT2D eigenvalue weighted by Gasteiger charge is -2.05. The van der Waals surface area contributed by atoms with Crippen LogP contribution in [0, 0.1) is 6.92 Å². The van der Waals surface area contributed by atoms with Crippen molar-refractivity contribution < 1.29 is 4.55 Å². The van der Waals surface area contributed by atoms with E-state index in [9.17, 15) is 4.55 Å². The lowest BCUT2D eigenvalue weighted by molar-refractivity contribution is 0.594. The summed E-state index contributed by atoms with van der Waals surface area (Å²) in [5.74, 6) is 0.681. The van der Waals surface area contributed by atoms with E-state index in [2.05, 4.69) is 27.6 Å². The second-order valence-electron chi connectivity index (χ2n) is 5.80. The molecule has 1 aliphatic rings. The zero-order chi connectivity index (χ0) is 15.8. The molecule has 3 nitrogen and oxygen atoms in total. The summed E-state index contributed by atoms with van der Waals surface area (Å²) in [7, 11) is 0. The molecule has 116 valence electrons. The van der Waals surface area contributed by atoms with Crippen LogP contribution in [0.15, 0.2) is 51.7 Å². The van der Waals surface area contributed by atoms with Crippen molar-refractivity contribution in [1.29, 1.82) is 0 Å². The lowest BCUT2D eigenvalue weighted by atomic mass is 10.1. The number of rotatable bonds is 3. The molecule has 1 aliphatic carbocycles. The Hall–Kier alpha value is -1.69. The maximum Gasteiger partial charge on any atom is 0.327 e. The average molecular weight is 340 g/mol. The van der Waals surface area contributed by atoms with Crippen LogP contribution in [0.3, 0.4) is 0 Å². The van der Waals surface area contributed by atoms with Gasteiger partial charge in [-0.1, -0.05) is 29.8 Å². The first-order valence-electron chi connectivity index (χ1n) is 7.65. The fourth-order valence-electron chi connectivity index (χ4n) is 2.88. The third-order valence-corrected chi connectivity index (χ3v) is 6.46. The number of nitrogens with zero attached hydrogens (tertiary/aromatic N) is 2. The van der Waals surface area contributed by atoms with Crippen LogP contribution in [0.4, 0.5) is 0 Å². The summed E-state index contributed by atoms with van der Waals surface area (Å²) >= 11 is -0.0388. The van der Waals surface area contributed by atoms with Crippen LogP contribution in [-0.2, 0) is 24.0 Å². The molecular weight excluding hydrogens is 324 g/mol. The summed E-state index contributed by atoms with van der Waals surface area (Å²) in [6.45, 7) is 2.02. The van der Waals surface area contributed by atoms with Gasteiger partial charge in [0.25, 0.3) is 0 Å². The van der Waals surface area contributed by atoms with Crippen molar-refractivity contribution in [2.75, 3.05) is 0 Å². The second kappa shape index (κ2) is 6.07. The third kappa shape index (κ3) is 2.92. The highest BCUT2D eigenvalue weighted by molar-refractivity contribution is 7.93. The number of aromatic nitrogens is 2. The molecule has 0 saturated heterocycles. The van der Waals surface area contributed by atoms with Crippen molar-refractivity contribution in [3.63, 3.8) is 0 Å². The number of hydrogen-bond donors (Lipinski definition) is 0. The summed E-state index contributed by atoms with van der Waals surface area (Å²) in [4.78, 5) is 5.28. The van der Waals surface area contributed by atoms with Gasteiger partial charge in [-0.3, -0.25) is 0 Å². The number of aryl methyl sites for hydroxylation is 3. The van der Waals surface area contributed by atoms with Crippen molar-refractivity contribution in [1.82, 2.24) is 9.36 Å². The van der Waals surface area contributed by atoms with Crippen LogP contribution in [0.1, 0.15) is 23.1 Å². The standard InChI is InChI=1S/C18H16N2OS2/c1-12-5-9-16(10-6-12)23(21)18-19-17(20-22-18)15-8-7-13-3-2-4-14(13)11-15/h5-11H,2-4H2,1H3. The van der Waals surface area contributed by atoms with Gasteiger partial charge in [0.15, 0.2) is 10.7 Å². The Labute approximate surface area is 142 Å². The third-order valence-electron chi connectivity index (χ3n) is 4.16. The van der Waals surface area contributed by atoms with Crippen LogP contribution in [0.2, 0.25) is 0 Å². The second-order valence-corrected chi connectivity index (χ2v) is 8.21. The van der Waals surface area contributed by atoms with E-state index in [1.807, 2.05) is 31.2 Å². The maximum absolute atomic E-state index is 12.6. The first kappa shape index (κ1) is 14.9. The Balaban J connectivity index is 1.62. The molecule has 1 heterocycles. The van der Waals surface area contributed by atoms with Gasteiger partial charge in [0.05, 0.1) is 11.2 Å². The fourth-order valence-corrected chi connectivity index (χ4v) is 4.74. The van der Waals surface area contributed by atoms with E-state index >= 15 is 0 Å². The molecule has 0 bridgehead atoms. The monoisotopic (exact) mass is 340 g/mol. The van der Waals surface area contributed by atoms with Gasteiger partial charge < -0.3 is 4.55 Å². The van der Waals surface area contributed by atoms with Gasteiger partial charge in [-0.15, -0.1) is 0 Å². The van der Waals surface area contributed by atoms with Gasteiger partial charge in [-0.25, -0.2) is 0 Å². The summed E-state index contributed by atoms with van der Waals surface area (Å²) in [6, 6.07) is 14.2. The molecule has 0 aliphatic heterocycles. The summed E-state index contributed by atoms with van der Waals surface area (Å²) in [6.07, 6.45) is 3.53. The Morgan fingerprint density at radius 3 is 2.65 bits per heavy atom. The van der Waals surface area contributed by atoms with Crippen LogP contribution < -0.4 is 0 Å². The van der Waals surface area contributed by atoms with Gasteiger partial charge in [-0.05, 0) is 55.5 Å². The van der Waals surface area contributed by atoms with Crippen LogP contribution in [-0.4, -0.2) is 13.9 Å². The van der Waals surface area contributed by atoms with E-state index in [4.69, 9.17) is 0 Å². The molecule has 0 fully saturated rings. The molecule has 4 rings (SSSR count).